The van der Waals surface area contributed by atoms with Crippen LogP contribution in [0.5, 0.6) is 0 Å². The highest BCUT2D eigenvalue weighted by molar-refractivity contribution is 9.10. The largest absolute Gasteiger partial charge is 0.381 e. The second-order valence-electron chi connectivity index (χ2n) is 3.24. The monoisotopic (exact) mass is 307 g/mol. The molecule has 17 heavy (non-hydrogen) atoms. The molecule has 0 aliphatic heterocycles. The average molecular weight is 308 g/mol. The summed E-state index contributed by atoms with van der Waals surface area (Å²) in [7, 11) is 0. The van der Waals surface area contributed by atoms with Crippen LogP contribution in [-0.2, 0) is 9.53 Å². The molecule has 1 aromatic carbocycles. The first kappa shape index (κ1) is 14.1. The fourth-order valence-electron chi connectivity index (χ4n) is 1.17. The SMILES string of the molecule is CCOCCC(=O)Nc1c(F)cc(Br)cc1F. The lowest BCUT2D eigenvalue weighted by Crippen LogP contribution is -2.16. The van der Waals surface area contributed by atoms with Crippen molar-refractivity contribution < 1.29 is 18.3 Å². The molecule has 1 amide bonds. The van der Waals surface area contributed by atoms with Crippen molar-refractivity contribution in [3.8, 4) is 0 Å². The van der Waals surface area contributed by atoms with Gasteiger partial charge in [-0.2, -0.15) is 0 Å². The van der Waals surface area contributed by atoms with E-state index in [1.807, 2.05) is 0 Å². The highest BCUT2D eigenvalue weighted by Crippen LogP contribution is 2.23. The van der Waals surface area contributed by atoms with Crippen LogP contribution in [0.4, 0.5) is 14.5 Å². The van der Waals surface area contributed by atoms with Crippen LogP contribution in [0.1, 0.15) is 13.3 Å². The van der Waals surface area contributed by atoms with Gasteiger partial charge in [0.25, 0.3) is 0 Å². The third-order valence-electron chi connectivity index (χ3n) is 1.95. The highest BCUT2D eigenvalue weighted by atomic mass is 79.9. The van der Waals surface area contributed by atoms with E-state index in [2.05, 4.69) is 21.2 Å². The van der Waals surface area contributed by atoms with Crippen LogP contribution < -0.4 is 5.32 Å². The van der Waals surface area contributed by atoms with Crippen molar-refractivity contribution in [1.29, 1.82) is 0 Å². The van der Waals surface area contributed by atoms with Crippen LogP contribution in [-0.4, -0.2) is 19.1 Å². The number of halogens is 3. The van der Waals surface area contributed by atoms with Gasteiger partial charge in [0, 0.05) is 11.1 Å². The molecule has 3 nitrogen and oxygen atoms in total. The smallest absolute Gasteiger partial charge is 0.226 e. The van der Waals surface area contributed by atoms with E-state index in [1.54, 1.807) is 6.92 Å². The molecule has 0 saturated heterocycles. The Bertz CT molecular complexity index is 389. The molecule has 0 radical (unpaired) electrons. The lowest BCUT2D eigenvalue weighted by molar-refractivity contribution is -0.117. The first-order valence-corrected chi connectivity index (χ1v) is 5.86. The van der Waals surface area contributed by atoms with Gasteiger partial charge in [0.1, 0.15) is 5.69 Å². The van der Waals surface area contributed by atoms with E-state index in [0.29, 0.717) is 6.61 Å². The minimum atomic E-state index is -0.818. The molecule has 0 unspecified atom stereocenters. The zero-order chi connectivity index (χ0) is 12.8. The average Bonchev–Trinajstić information content (AvgIpc) is 2.24. The lowest BCUT2D eigenvalue weighted by Gasteiger charge is -2.08. The van der Waals surface area contributed by atoms with Crippen molar-refractivity contribution in [3.05, 3.63) is 28.2 Å². The van der Waals surface area contributed by atoms with E-state index < -0.39 is 23.2 Å². The highest BCUT2D eigenvalue weighted by Gasteiger charge is 2.13. The second kappa shape index (κ2) is 6.66. The Morgan fingerprint density at radius 2 is 2.00 bits per heavy atom. The Morgan fingerprint density at radius 1 is 1.41 bits per heavy atom. The molecule has 94 valence electrons. The molecule has 0 saturated carbocycles. The summed E-state index contributed by atoms with van der Waals surface area (Å²) < 4.78 is 31.9. The number of carbonyl (C=O) groups excluding carboxylic acids is 1. The number of amides is 1. The number of hydrogen-bond donors (Lipinski definition) is 1. The number of rotatable bonds is 5. The molecule has 0 heterocycles. The number of benzene rings is 1. The van der Waals surface area contributed by atoms with Crippen LogP contribution in [0.15, 0.2) is 16.6 Å². The van der Waals surface area contributed by atoms with E-state index in [-0.39, 0.29) is 17.5 Å². The molecule has 1 N–H and O–H groups in total. The van der Waals surface area contributed by atoms with Gasteiger partial charge in [-0.15, -0.1) is 0 Å². The fraction of sp³-hybridized carbons (Fsp3) is 0.364. The number of anilines is 1. The summed E-state index contributed by atoms with van der Waals surface area (Å²) in [6.07, 6.45) is 0.0583. The van der Waals surface area contributed by atoms with Gasteiger partial charge < -0.3 is 10.1 Å². The van der Waals surface area contributed by atoms with Crippen molar-refractivity contribution in [2.45, 2.75) is 13.3 Å². The van der Waals surface area contributed by atoms with E-state index in [1.165, 1.54) is 0 Å². The predicted molar refractivity (Wildman–Crippen MR) is 63.8 cm³/mol. The molecule has 1 rings (SSSR count). The molecule has 0 aliphatic carbocycles. The van der Waals surface area contributed by atoms with Crippen LogP contribution in [0.2, 0.25) is 0 Å². The molecule has 0 bridgehead atoms. The van der Waals surface area contributed by atoms with Crippen LogP contribution in [0.3, 0.4) is 0 Å². The molecule has 6 heteroatoms. The Labute approximate surface area is 106 Å². The maximum Gasteiger partial charge on any atom is 0.226 e. The van der Waals surface area contributed by atoms with E-state index in [9.17, 15) is 13.6 Å². The number of carbonyl (C=O) groups is 1. The molecule has 0 atom stereocenters. The normalized spacial score (nSPS) is 10.4. The number of hydrogen-bond acceptors (Lipinski definition) is 2. The van der Waals surface area contributed by atoms with E-state index in [0.717, 1.165) is 12.1 Å². The van der Waals surface area contributed by atoms with Crippen molar-refractivity contribution in [1.82, 2.24) is 0 Å². The van der Waals surface area contributed by atoms with Gasteiger partial charge in [-0.3, -0.25) is 4.79 Å². The Morgan fingerprint density at radius 3 is 2.53 bits per heavy atom. The van der Waals surface area contributed by atoms with Gasteiger partial charge in [-0.25, -0.2) is 8.78 Å². The Kier molecular flexibility index (Phi) is 5.50. The van der Waals surface area contributed by atoms with Crippen molar-refractivity contribution in [3.63, 3.8) is 0 Å². The summed E-state index contributed by atoms with van der Waals surface area (Å²) in [5.41, 5.74) is -0.435. The van der Waals surface area contributed by atoms with Crippen LogP contribution in [0.25, 0.3) is 0 Å². The standard InChI is InChI=1S/C11H12BrF2NO2/c1-2-17-4-3-10(16)15-11-8(13)5-7(12)6-9(11)14/h5-6H,2-4H2,1H3,(H,15,16). The second-order valence-corrected chi connectivity index (χ2v) is 4.16. The maximum absolute atomic E-state index is 13.3. The summed E-state index contributed by atoms with van der Waals surface area (Å²) in [6, 6.07) is 2.17. The summed E-state index contributed by atoms with van der Waals surface area (Å²) in [5.74, 6) is -2.12. The molecule has 0 aliphatic rings. The third kappa shape index (κ3) is 4.40. The minimum Gasteiger partial charge on any atom is -0.381 e. The van der Waals surface area contributed by atoms with Gasteiger partial charge in [0.15, 0.2) is 11.6 Å². The lowest BCUT2D eigenvalue weighted by atomic mass is 10.2. The molecular formula is C11H12BrF2NO2. The van der Waals surface area contributed by atoms with E-state index in [4.69, 9.17) is 4.74 Å². The van der Waals surface area contributed by atoms with E-state index >= 15 is 0 Å². The third-order valence-corrected chi connectivity index (χ3v) is 2.41. The zero-order valence-electron chi connectivity index (χ0n) is 9.23. The first-order valence-electron chi connectivity index (χ1n) is 5.06. The molecule has 0 fully saturated rings. The Balaban J connectivity index is 2.65. The zero-order valence-corrected chi connectivity index (χ0v) is 10.8. The molecule has 0 aromatic heterocycles. The minimum absolute atomic E-state index is 0.0583. The predicted octanol–water partition coefficient (Wildman–Crippen LogP) is 3.09. The van der Waals surface area contributed by atoms with Gasteiger partial charge >= 0.3 is 0 Å². The fourth-order valence-corrected chi connectivity index (χ4v) is 1.57. The summed E-state index contributed by atoms with van der Waals surface area (Å²) in [6.45, 7) is 2.52. The topological polar surface area (TPSA) is 38.3 Å². The van der Waals surface area contributed by atoms with Crippen molar-refractivity contribution in [2.24, 2.45) is 0 Å². The quantitative estimate of drug-likeness (QED) is 0.849. The Hall–Kier alpha value is -1.01. The van der Waals surface area contributed by atoms with Gasteiger partial charge in [-0.05, 0) is 19.1 Å². The first-order chi connectivity index (χ1) is 8.04. The van der Waals surface area contributed by atoms with Gasteiger partial charge in [0.05, 0.1) is 13.0 Å². The molecular weight excluding hydrogens is 296 g/mol. The van der Waals surface area contributed by atoms with Crippen LogP contribution >= 0.6 is 15.9 Å². The van der Waals surface area contributed by atoms with Crippen molar-refractivity contribution >= 4 is 27.5 Å². The molecule has 1 aromatic rings. The summed E-state index contributed by atoms with van der Waals surface area (Å²) >= 11 is 2.95. The summed E-state index contributed by atoms with van der Waals surface area (Å²) in [4.78, 5) is 11.3. The summed E-state index contributed by atoms with van der Waals surface area (Å²) in [5, 5.41) is 2.17. The number of ether oxygens (including phenoxy) is 1. The van der Waals surface area contributed by atoms with Crippen LogP contribution in [0, 0.1) is 11.6 Å². The maximum atomic E-state index is 13.3. The number of nitrogens with one attached hydrogen (secondary N) is 1. The molecule has 0 spiro atoms. The van der Waals surface area contributed by atoms with Gasteiger partial charge in [0.2, 0.25) is 5.91 Å². The van der Waals surface area contributed by atoms with Gasteiger partial charge in [-0.1, -0.05) is 15.9 Å². The van der Waals surface area contributed by atoms with Crippen molar-refractivity contribution in [2.75, 3.05) is 18.5 Å².